The first kappa shape index (κ1) is 33.1. The first-order chi connectivity index (χ1) is 18.4. The summed E-state index contributed by atoms with van der Waals surface area (Å²) in [7, 11) is -12.1. The minimum Gasteiger partial charge on any atom is -0.339 e. The Morgan fingerprint density at radius 1 is 0.805 bits per heavy atom. The maximum Gasteiger partial charge on any atom is 0.416 e. The van der Waals surface area contributed by atoms with E-state index < -0.39 is 72.4 Å². The molecule has 14 heteroatoms. The van der Waals surface area contributed by atoms with Gasteiger partial charge in [0.1, 0.15) is 0 Å². The van der Waals surface area contributed by atoms with Gasteiger partial charge in [-0.1, -0.05) is 6.07 Å². The number of sulfone groups is 3. The third-order valence-corrected chi connectivity index (χ3v) is 13.8. The smallest absolute Gasteiger partial charge is 0.339 e. The van der Waals surface area contributed by atoms with Crippen molar-refractivity contribution in [3.05, 3.63) is 53.6 Å². The van der Waals surface area contributed by atoms with E-state index in [1.54, 1.807) is 0 Å². The highest BCUT2D eigenvalue weighted by Gasteiger charge is 2.45. The molecule has 1 amide bonds. The van der Waals surface area contributed by atoms with Crippen molar-refractivity contribution < 1.29 is 43.2 Å². The zero-order chi connectivity index (χ0) is 31.4. The molecule has 1 fully saturated rings. The molecule has 41 heavy (non-hydrogen) atoms. The summed E-state index contributed by atoms with van der Waals surface area (Å²) in [5, 5.41) is 0. The van der Waals surface area contributed by atoms with Gasteiger partial charge in [0.15, 0.2) is 29.5 Å². The van der Waals surface area contributed by atoms with Crippen LogP contribution in [0.3, 0.4) is 0 Å². The highest BCUT2D eigenvalue weighted by atomic mass is 32.2. The average Bonchev–Trinajstić information content (AvgIpc) is 2.86. The molecule has 0 unspecified atom stereocenters. The molecule has 2 aromatic rings. The lowest BCUT2D eigenvalue weighted by Gasteiger charge is -2.40. The third-order valence-electron chi connectivity index (χ3n) is 7.63. The highest BCUT2D eigenvalue weighted by molar-refractivity contribution is 7.93. The number of hydrogen-bond donors (Lipinski definition) is 0. The van der Waals surface area contributed by atoms with E-state index in [0.29, 0.717) is 6.07 Å². The van der Waals surface area contributed by atoms with Gasteiger partial charge in [0.2, 0.25) is 0 Å². The fourth-order valence-corrected chi connectivity index (χ4v) is 8.84. The lowest BCUT2D eigenvalue weighted by atomic mass is 9.85. The summed E-state index contributed by atoms with van der Waals surface area (Å²) >= 11 is 0. The zero-order valence-corrected chi connectivity index (χ0v) is 26.1. The van der Waals surface area contributed by atoms with Crippen LogP contribution in [0.4, 0.5) is 13.2 Å². The van der Waals surface area contributed by atoms with Crippen LogP contribution < -0.4 is 0 Å². The molecule has 0 bridgehead atoms. The van der Waals surface area contributed by atoms with Crippen molar-refractivity contribution in [1.82, 2.24) is 4.90 Å². The minimum atomic E-state index is -4.71. The quantitative estimate of drug-likeness (QED) is 0.447. The Morgan fingerprint density at radius 2 is 1.34 bits per heavy atom. The molecule has 228 valence electrons. The zero-order valence-electron chi connectivity index (χ0n) is 23.6. The molecule has 2 aromatic carbocycles. The number of halogens is 3. The van der Waals surface area contributed by atoms with Gasteiger partial charge in [-0.05, 0) is 89.8 Å². The summed E-state index contributed by atoms with van der Waals surface area (Å²) < 4.78 is 115. The number of carbonyl (C=O) groups excluding carboxylic acids is 1. The van der Waals surface area contributed by atoms with Crippen molar-refractivity contribution >= 4 is 35.4 Å². The largest absolute Gasteiger partial charge is 0.416 e. The van der Waals surface area contributed by atoms with Crippen molar-refractivity contribution in [2.45, 2.75) is 77.8 Å². The summed E-state index contributed by atoms with van der Waals surface area (Å²) in [6, 6.07) is 6.94. The second-order valence-electron chi connectivity index (χ2n) is 11.7. The topological polar surface area (TPSA) is 123 Å². The van der Waals surface area contributed by atoms with Gasteiger partial charge < -0.3 is 4.90 Å². The summed E-state index contributed by atoms with van der Waals surface area (Å²) in [6.07, 6.45) is -3.44. The number of rotatable bonds is 6. The van der Waals surface area contributed by atoms with Crippen LogP contribution in [0.1, 0.15) is 63.4 Å². The molecule has 0 atom stereocenters. The minimum absolute atomic E-state index is 0.0658. The number of benzene rings is 2. The van der Waals surface area contributed by atoms with Crippen molar-refractivity contribution in [1.29, 1.82) is 0 Å². The molecule has 1 saturated heterocycles. The summed E-state index contributed by atoms with van der Waals surface area (Å²) in [5.41, 5.74) is -1.27. The molecule has 0 saturated carbocycles. The monoisotopic (exact) mass is 637 g/mol. The SMILES string of the molecule is CC(C)(C)S(=O)(=O)c1ccc(C(=O)N2CCC(C(C)(C)S(=O)(=O)c3cccc(C(F)(F)F)c3)CC2)c(S(C)(=O)=O)c1. The number of hydrogen-bond acceptors (Lipinski definition) is 7. The van der Waals surface area contributed by atoms with Gasteiger partial charge in [-0.15, -0.1) is 0 Å². The molecule has 1 aliphatic rings. The standard InChI is InChI=1S/C27H34F3NO7S3/c1-25(2,3)40(35,36)21-10-11-22(23(17-21)39(6,33)34)24(32)31-14-12-18(13-15-31)26(4,5)41(37,38)20-9-7-8-19(16-20)27(28,29)30/h7-11,16-18H,12-15H2,1-6H3. The van der Waals surface area contributed by atoms with E-state index in [0.717, 1.165) is 30.5 Å². The third kappa shape index (κ3) is 6.34. The van der Waals surface area contributed by atoms with E-state index in [1.165, 1.54) is 51.7 Å². The van der Waals surface area contributed by atoms with E-state index >= 15 is 0 Å². The highest BCUT2D eigenvalue weighted by Crippen LogP contribution is 2.40. The van der Waals surface area contributed by atoms with Crippen LogP contribution in [0.15, 0.2) is 57.2 Å². The Labute approximate surface area is 239 Å². The van der Waals surface area contributed by atoms with Crippen LogP contribution in [0.5, 0.6) is 0 Å². The van der Waals surface area contributed by atoms with Crippen LogP contribution in [0, 0.1) is 5.92 Å². The van der Waals surface area contributed by atoms with Gasteiger partial charge in [0.25, 0.3) is 5.91 Å². The van der Waals surface area contributed by atoms with Crippen molar-refractivity contribution in [3.63, 3.8) is 0 Å². The normalized spacial score (nSPS) is 16.6. The second-order valence-corrected chi connectivity index (χ2v) is 19.0. The molecule has 0 aromatic heterocycles. The fourth-order valence-electron chi connectivity index (χ4n) is 4.82. The van der Waals surface area contributed by atoms with Gasteiger partial charge in [-0.3, -0.25) is 4.79 Å². The number of likely N-dealkylation sites (tertiary alicyclic amines) is 1. The molecule has 0 N–H and O–H groups in total. The number of amides is 1. The van der Waals surface area contributed by atoms with Crippen molar-refractivity contribution in [2.24, 2.45) is 5.92 Å². The van der Waals surface area contributed by atoms with Gasteiger partial charge >= 0.3 is 6.18 Å². The van der Waals surface area contributed by atoms with E-state index in [-0.39, 0.29) is 36.4 Å². The molecule has 0 aliphatic carbocycles. The van der Waals surface area contributed by atoms with Crippen LogP contribution in [-0.2, 0) is 35.7 Å². The number of nitrogens with zero attached hydrogens (tertiary/aromatic N) is 1. The predicted molar refractivity (Wildman–Crippen MR) is 148 cm³/mol. The molecule has 8 nitrogen and oxygen atoms in total. The van der Waals surface area contributed by atoms with Crippen molar-refractivity contribution in [2.75, 3.05) is 19.3 Å². The summed E-state index contributed by atoms with van der Waals surface area (Å²) in [6.45, 7) is 7.44. The Balaban J connectivity index is 1.87. The maximum absolute atomic E-state index is 13.4. The molecule has 1 aliphatic heterocycles. The average molecular weight is 638 g/mol. The fraction of sp³-hybridized carbons (Fsp3) is 0.519. The summed E-state index contributed by atoms with van der Waals surface area (Å²) in [4.78, 5) is 13.7. The van der Waals surface area contributed by atoms with Gasteiger partial charge in [-0.2, -0.15) is 13.2 Å². The van der Waals surface area contributed by atoms with Gasteiger partial charge in [0, 0.05) is 19.3 Å². The molecular weight excluding hydrogens is 603 g/mol. The Hall–Kier alpha value is -2.45. The molecule has 0 radical (unpaired) electrons. The van der Waals surface area contributed by atoms with E-state index in [2.05, 4.69) is 0 Å². The molecule has 3 rings (SSSR count). The first-order valence-corrected chi connectivity index (χ1v) is 17.6. The van der Waals surface area contributed by atoms with Crippen molar-refractivity contribution in [3.8, 4) is 0 Å². The Bertz CT molecular complexity index is 1660. The molecule has 0 spiro atoms. The van der Waals surface area contributed by atoms with Crippen LogP contribution >= 0.6 is 0 Å². The summed E-state index contributed by atoms with van der Waals surface area (Å²) in [5.74, 6) is -1.16. The van der Waals surface area contributed by atoms with Crippen LogP contribution in [0.2, 0.25) is 0 Å². The number of alkyl halides is 3. The first-order valence-electron chi connectivity index (χ1n) is 12.7. The van der Waals surface area contributed by atoms with E-state index in [4.69, 9.17) is 0 Å². The Morgan fingerprint density at radius 3 is 1.83 bits per heavy atom. The van der Waals surface area contributed by atoms with Gasteiger partial charge in [-0.25, -0.2) is 25.3 Å². The predicted octanol–water partition coefficient (Wildman–Crippen LogP) is 4.79. The van der Waals surface area contributed by atoms with E-state index in [9.17, 15) is 43.2 Å². The van der Waals surface area contributed by atoms with Crippen LogP contribution in [0.25, 0.3) is 0 Å². The van der Waals surface area contributed by atoms with Crippen LogP contribution in [-0.4, -0.2) is 64.9 Å². The lowest BCUT2D eigenvalue weighted by molar-refractivity contribution is -0.137. The molecule has 1 heterocycles. The van der Waals surface area contributed by atoms with E-state index in [1.807, 2.05) is 0 Å². The lowest BCUT2D eigenvalue weighted by Crippen LogP contribution is -2.47. The number of piperidine rings is 1. The molecular formula is C27H34F3NO7S3. The number of carbonyl (C=O) groups is 1. The second kappa shape index (κ2) is 10.7. The Kier molecular flexibility index (Phi) is 8.61. The van der Waals surface area contributed by atoms with Gasteiger partial charge in [0.05, 0.1) is 35.3 Å². The maximum atomic E-state index is 13.4.